The number of hydrogen-bond acceptors (Lipinski definition) is 2. The molecule has 0 radical (unpaired) electrons. The van der Waals surface area contributed by atoms with Gasteiger partial charge in [-0.3, -0.25) is 4.79 Å². The molecule has 0 aromatic heterocycles. The number of rotatable bonds is 5. The van der Waals surface area contributed by atoms with Crippen molar-refractivity contribution in [3.05, 3.63) is 0 Å². The fraction of sp³-hybridized carbons (Fsp3) is 0.944. The van der Waals surface area contributed by atoms with Gasteiger partial charge in [0, 0.05) is 12.1 Å². The molecule has 0 spiro atoms. The molecule has 0 aromatic rings. The first-order valence-corrected chi connectivity index (χ1v) is 8.91. The lowest BCUT2D eigenvalue weighted by Crippen LogP contribution is -2.44. The Hall–Kier alpha value is -0.570. The average molecular weight is 295 g/mol. The van der Waals surface area contributed by atoms with E-state index < -0.39 is 5.97 Å². The van der Waals surface area contributed by atoms with E-state index in [2.05, 4.69) is 26.1 Å². The molecule has 3 heteroatoms. The van der Waals surface area contributed by atoms with Gasteiger partial charge in [-0.25, -0.2) is 0 Å². The lowest BCUT2D eigenvalue weighted by Gasteiger charge is -2.40. The van der Waals surface area contributed by atoms with Gasteiger partial charge in [0.2, 0.25) is 0 Å². The third-order valence-electron chi connectivity index (χ3n) is 6.29. The maximum absolute atomic E-state index is 11.0. The monoisotopic (exact) mass is 295 g/mol. The third kappa shape index (κ3) is 4.45. The van der Waals surface area contributed by atoms with Crippen molar-refractivity contribution in [2.75, 3.05) is 0 Å². The topological polar surface area (TPSA) is 49.3 Å². The Bertz CT molecular complexity index is 337. The van der Waals surface area contributed by atoms with Crippen LogP contribution in [0.5, 0.6) is 0 Å². The van der Waals surface area contributed by atoms with E-state index in [0.717, 1.165) is 31.6 Å². The Labute approximate surface area is 129 Å². The zero-order chi connectivity index (χ0) is 15.5. The Balaban J connectivity index is 1.71. The number of hydrogen-bond donors (Lipinski definition) is 2. The van der Waals surface area contributed by atoms with Gasteiger partial charge in [-0.15, -0.1) is 0 Å². The van der Waals surface area contributed by atoms with E-state index in [0.29, 0.717) is 17.5 Å². The summed E-state index contributed by atoms with van der Waals surface area (Å²) in [4.78, 5) is 11.0. The SMILES string of the molecule is CCC(C)(C)C1CCC(NC2CCC(C(=O)O)CC2)CC1. The number of nitrogens with one attached hydrogen (secondary N) is 1. The Morgan fingerprint density at radius 2 is 1.48 bits per heavy atom. The summed E-state index contributed by atoms with van der Waals surface area (Å²) in [5.74, 6) is 0.184. The summed E-state index contributed by atoms with van der Waals surface area (Å²) in [5, 5.41) is 12.9. The summed E-state index contributed by atoms with van der Waals surface area (Å²) in [5.41, 5.74) is 0.491. The molecule has 0 aromatic carbocycles. The molecule has 2 rings (SSSR count). The highest BCUT2D eigenvalue weighted by atomic mass is 16.4. The smallest absolute Gasteiger partial charge is 0.306 e. The normalized spacial score (nSPS) is 34.6. The first-order chi connectivity index (χ1) is 9.92. The maximum atomic E-state index is 11.0. The molecule has 122 valence electrons. The van der Waals surface area contributed by atoms with Crippen LogP contribution in [0.2, 0.25) is 0 Å². The van der Waals surface area contributed by atoms with Crippen LogP contribution in [0.4, 0.5) is 0 Å². The van der Waals surface area contributed by atoms with E-state index in [1.165, 1.54) is 32.1 Å². The van der Waals surface area contributed by atoms with Crippen molar-refractivity contribution in [1.82, 2.24) is 5.32 Å². The predicted octanol–water partition coefficient (Wildman–Crippen LogP) is 4.21. The van der Waals surface area contributed by atoms with E-state index in [-0.39, 0.29) is 5.92 Å². The van der Waals surface area contributed by atoms with Crippen molar-refractivity contribution in [1.29, 1.82) is 0 Å². The zero-order valence-electron chi connectivity index (χ0n) is 14.0. The highest BCUT2D eigenvalue weighted by Gasteiger charge is 2.33. The Morgan fingerprint density at radius 1 is 1.00 bits per heavy atom. The van der Waals surface area contributed by atoms with Crippen molar-refractivity contribution < 1.29 is 9.90 Å². The molecule has 0 aliphatic heterocycles. The molecule has 0 amide bonds. The molecular weight excluding hydrogens is 262 g/mol. The van der Waals surface area contributed by atoms with Crippen LogP contribution in [-0.2, 0) is 4.79 Å². The van der Waals surface area contributed by atoms with Crippen molar-refractivity contribution in [2.45, 2.75) is 90.6 Å². The summed E-state index contributed by atoms with van der Waals surface area (Å²) < 4.78 is 0. The second-order valence-corrected chi connectivity index (χ2v) is 7.94. The van der Waals surface area contributed by atoms with Gasteiger partial charge < -0.3 is 10.4 Å². The molecule has 0 saturated heterocycles. The van der Waals surface area contributed by atoms with Gasteiger partial charge in [-0.05, 0) is 62.7 Å². The minimum absolute atomic E-state index is 0.0934. The molecule has 0 atom stereocenters. The molecule has 0 unspecified atom stereocenters. The number of carboxylic acids is 1. The first kappa shape index (κ1) is 16.8. The molecule has 0 heterocycles. The average Bonchev–Trinajstić information content (AvgIpc) is 2.48. The Kier molecular flexibility index (Phi) is 5.70. The summed E-state index contributed by atoms with van der Waals surface area (Å²) in [6.45, 7) is 7.14. The van der Waals surface area contributed by atoms with E-state index in [1.807, 2.05) is 0 Å². The van der Waals surface area contributed by atoms with E-state index in [1.54, 1.807) is 0 Å². The van der Waals surface area contributed by atoms with Gasteiger partial charge in [0.1, 0.15) is 0 Å². The lowest BCUT2D eigenvalue weighted by molar-refractivity contribution is -0.142. The molecule has 0 bridgehead atoms. The standard InChI is InChI=1S/C18H33NO2/c1-4-18(2,3)14-7-11-16(12-8-14)19-15-9-5-13(6-10-15)17(20)21/h13-16,19H,4-12H2,1-3H3,(H,20,21). The molecule has 2 N–H and O–H groups in total. The van der Waals surface area contributed by atoms with E-state index >= 15 is 0 Å². The van der Waals surface area contributed by atoms with Crippen LogP contribution < -0.4 is 5.32 Å². The van der Waals surface area contributed by atoms with Gasteiger partial charge in [-0.2, -0.15) is 0 Å². The second kappa shape index (κ2) is 7.13. The molecule has 2 aliphatic carbocycles. The minimum Gasteiger partial charge on any atom is -0.481 e. The predicted molar refractivity (Wildman–Crippen MR) is 86.3 cm³/mol. The van der Waals surface area contributed by atoms with Gasteiger partial charge in [0.15, 0.2) is 0 Å². The molecule has 3 nitrogen and oxygen atoms in total. The van der Waals surface area contributed by atoms with Crippen LogP contribution in [-0.4, -0.2) is 23.2 Å². The first-order valence-electron chi connectivity index (χ1n) is 8.91. The molecule has 2 fully saturated rings. The highest BCUT2D eigenvalue weighted by Crippen LogP contribution is 2.40. The fourth-order valence-corrected chi connectivity index (χ4v) is 4.17. The molecule has 21 heavy (non-hydrogen) atoms. The van der Waals surface area contributed by atoms with Gasteiger partial charge in [0.25, 0.3) is 0 Å². The van der Waals surface area contributed by atoms with Crippen molar-refractivity contribution in [2.24, 2.45) is 17.3 Å². The maximum Gasteiger partial charge on any atom is 0.306 e. The number of carbonyl (C=O) groups is 1. The molecule has 2 aliphatic rings. The summed E-state index contributed by atoms with van der Waals surface area (Å²) in [7, 11) is 0. The van der Waals surface area contributed by atoms with Crippen LogP contribution >= 0.6 is 0 Å². The second-order valence-electron chi connectivity index (χ2n) is 7.94. The fourth-order valence-electron chi connectivity index (χ4n) is 4.17. The largest absolute Gasteiger partial charge is 0.481 e. The third-order valence-corrected chi connectivity index (χ3v) is 6.29. The van der Waals surface area contributed by atoms with Crippen LogP contribution in [0.1, 0.15) is 78.6 Å². The lowest BCUT2D eigenvalue weighted by atomic mass is 9.69. The number of aliphatic carboxylic acids is 1. The minimum atomic E-state index is -0.601. The van der Waals surface area contributed by atoms with Crippen LogP contribution in [0.3, 0.4) is 0 Å². The van der Waals surface area contributed by atoms with Crippen molar-refractivity contribution in [3.8, 4) is 0 Å². The molecular formula is C18H33NO2. The van der Waals surface area contributed by atoms with Crippen molar-refractivity contribution in [3.63, 3.8) is 0 Å². The highest BCUT2D eigenvalue weighted by molar-refractivity contribution is 5.70. The molecule has 2 saturated carbocycles. The van der Waals surface area contributed by atoms with Gasteiger partial charge in [0.05, 0.1) is 5.92 Å². The summed E-state index contributed by atoms with van der Waals surface area (Å²) >= 11 is 0. The van der Waals surface area contributed by atoms with E-state index in [4.69, 9.17) is 5.11 Å². The van der Waals surface area contributed by atoms with Crippen LogP contribution in [0.15, 0.2) is 0 Å². The Morgan fingerprint density at radius 3 is 1.90 bits per heavy atom. The van der Waals surface area contributed by atoms with Gasteiger partial charge in [-0.1, -0.05) is 27.2 Å². The quantitative estimate of drug-likeness (QED) is 0.798. The van der Waals surface area contributed by atoms with Crippen molar-refractivity contribution >= 4 is 5.97 Å². The number of carboxylic acid groups (broad SMARTS) is 1. The van der Waals surface area contributed by atoms with Crippen LogP contribution in [0.25, 0.3) is 0 Å². The summed E-state index contributed by atoms with van der Waals surface area (Å²) in [6, 6.07) is 1.22. The zero-order valence-corrected chi connectivity index (χ0v) is 14.0. The van der Waals surface area contributed by atoms with Gasteiger partial charge >= 0.3 is 5.97 Å². The van der Waals surface area contributed by atoms with Crippen LogP contribution in [0, 0.1) is 17.3 Å². The summed E-state index contributed by atoms with van der Waals surface area (Å²) in [6.07, 6.45) is 10.4. The van der Waals surface area contributed by atoms with E-state index in [9.17, 15) is 4.79 Å².